The molecule has 0 radical (unpaired) electrons. The fourth-order valence-corrected chi connectivity index (χ4v) is 3.57. The highest BCUT2D eigenvalue weighted by Gasteiger charge is 2.24. The summed E-state index contributed by atoms with van der Waals surface area (Å²) < 4.78 is 2.20. The summed E-state index contributed by atoms with van der Waals surface area (Å²) in [5, 5.41) is 5.70. The van der Waals surface area contributed by atoms with E-state index in [1.165, 1.54) is 19.3 Å². The minimum absolute atomic E-state index is 0.0870. The van der Waals surface area contributed by atoms with Crippen LogP contribution < -0.4 is 10.7 Å². The molecule has 0 unspecified atom stereocenters. The highest BCUT2D eigenvalue weighted by atomic mass is 15.5. The first kappa shape index (κ1) is 18.9. The summed E-state index contributed by atoms with van der Waals surface area (Å²) in [5.41, 5.74) is 5.09. The Labute approximate surface area is 156 Å². The van der Waals surface area contributed by atoms with Crippen molar-refractivity contribution in [2.75, 3.05) is 30.4 Å². The third-order valence-electron chi connectivity index (χ3n) is 4.78. The molecule has 1 fully saturated rings. The summed E-state index contributed by atoms with van der Waals surface area (Å²) in [7, 11) is 0. The van der Waals surface area contributed by atoms with Crippen molar-refractivity contribution in [3.05, 3.63) is 5.82 Å². The number of aromatic nitrogens is 4. The van der Waals surface area contributed by atoms with Crippen molar-refractivity contribution in [3.63, 3.8) is 0 Å². The van der Waals surface area contributed by atoms with E-state index in [2.05, 4.69) is 48.0 Å². The highest BCUT2D eigenvalue weighted by Crippen LogP contribution is 2.28. The SMILES string of the molecule is CCCCNc1nc(NN2CCCCC2)nc2c1nc(C)n2C(C)(C)C. The molecule has 0 aliphatic carbocycles. The van der Waals surface area contributed by atoms with Crippen LogP contribution in [0.5, 0.6) is 0 Å². The van der Waals surface area contributed by atoms with Crippen LogP contribution in [-0.4, -0.2) is 44.2 Å². The Morgan fingerprint density at radius 3 is 2.42 bits per heavy atom. The monoisotopic (exact) mass is 359 g/mol. The number of imidazole rings is 1. The van der Waals surface area contributed by atoms with Crippen LogP contribution in [0.15, 0.2) is 0 Å². The first-order chi connectivity index (χ1) is 12.4. The Hall–Kier alpha value is -1.89. The number of hydrogen-bond donors (Lipinski definition) is 2. The van der Waals surface area contributed by atoms with Gasteiger partial charge in [-0.1, -0.05) is 19.8 Å². The van der Waals surface area contributed by atoms with Crippen molar-refractivity contribution >= 4 is 22.9 Å². The van der Waals surface area contributed by atoms with Gasteiger partial charge < -0.3 is 9.88 Å². The number of anilines is 2. The van der Waals surface area contributed by atoms with E-state index in [0.29, 0.717) is 5.95 Å². The lowest BCUT2D eigenvalue weighted by molar-refractivity contribution is 0.271. The van der Waals surface area contributed by atoms with Crippen LogP contribution in [0.3, 0.4) is 0 Å². The topological polar surface area (TPSA) is 70.9 Å². The number of unbranched alkanes of at least 4 members (excludes halogenated alkanes) is 1. The molecule has 1 aliphatic heterocycles. The van der Waals surface area contributed by atoms with Crippen molar-refractivity contribution in [3.8, 4) is 0 Å². The zero-order valence-corrected chi connectivity index (χ0v) is 16.9. The number of piperidine rings is 1. The number of nitrogens with one attached hydrogen (secondary N) is 2. The zero-order valence-electron chi connectivity index (χ0n) is 16.9. The highest BCUT2D eigenvalue weighted by molar-refractivity contribution is 5.85. The van der Waals surface area contributed by atoms with Gasteiger partial charge in [0, 0.05) is 25.2 Å². The number of hydrogen-bond acceptors (Lipinski definition) is 6. The average Bonchev–Trinajstić information content (AvgIpc) is 2.92. The van der Waals surface area contributed by atoms with Gasteiger partial charge in [0.05, 0.1) is 0 Å². The first-order valence-electron chi connectivity index (χ1n) is 9.93. The number of hydrazine groups is 1. The molecule has 7 nitrogen and oxygen atoms in total. The molecular formula is C19H33N7. The predicted molar refractivity (Wildman–Crippen MR) is 108 cm³/mol. The fraction of sp³-hybridized carbons (Fsp3) is 0.737. The van der Waals surface area contributed by atoms with E-state index in [9.17, 15) is 0 Å². The van der Waals surface area contributed by atoms with E-state index in [0.717, 1.165) is 55.3 Å². The summed E-state index contributed by atoms with van der Waals surface area (Å²) >= 11 is 0. The van der Waals surface area contributed by atoms with Gasteiger partial charge in [0.25, 0.3) is 0 Å². The molecule has 0 amide bonds. The minimum Gasteiger partial charge on any atom is -0.368 e. The van der Waals surface area contributed by atoms with Crippen LogP contribution in [0.2, 0.25) is 0 Å². The Balaban J connectivity index is 2.01. The molecule has 2 N–H and O–H groups in total. The van der Waals surface area contributed by atoms with Crippen LogP contribution in [0, 0.1) is 6.92 Å². The third-order valence-corrected chi connectivity index (χ3v) is 4.78. The first-order valence-corrected chi connectivity index (χ1v) is 9.93. The summed E-state index contributed by atoms with van der Waals surface area (Å²) in [4.78, 5) is 14.4. The van der Waals surface area contributed by atoms with E-state index in [1.807, 2.05) is 6.92 Å². The summed E-state index contributed by atoms with van der Waals surface area (Å²) in [5.74, 6) is 2.45. The molecule has 2 aromatic rings. The third kappa shape index (κ3) is 4.09. The minimum atomic E-state index is -0.0870. The second kappa shape index (κ2) is 7.78. The Bertz CT molecular complexity index is 738. The molecule has 0 aromatic carbocycles. The molecule has 7 heteroatoms. The van der Waals surface area contributed by atoms with Crippen LogP contribution in [0.25, 0.3) is 11.2 Å². The van der Waals surface area contributed by atoms with Crippen LogP contribution in [0.1, 0.15) is 65.6 Å². The molecule has 2 aromatic heterocycles. The van der Waals surface area contributed by atoms with Crippen molar-refractivity contribution in [2.45, 2.75) is 72.3 Å². The van der Waals surface area contributed by atoms with Crippen molar-refractivity contribution in [1.29, 1.82) is 0 Å². The number of rotatable bonds is 6. The van der Waals surface area contributed by atoms with Gasteiger partial charge in [0.1, 0.15) is 5.82 Å². The van der Waals surface area contributed by atoms with Crippen molar-refractivity contribution in [2.24, 2.45) is 0 Å². The second-order valence-corrected chi connectivity index (χ2v) is 8.17. The molecule has 1 saturated heterocycles. The van der Waals surface area contributed by atoms with Crippen molar-refractivity contribution < 1.29 is 0 Å². The maximum Gasteiger partial charge on any atom is 0.241 e. The number of nitrogens with zero attached hydrogens (tertiary/aromatic N) is 5. The van der Waals surface area contributed by atoms with E-state index in [1.54, 1.807) is 0 Å². The molecule has 3 heterocycles. The summed E-state index contributed by atoms with van der Waals surface area (Å²) in [6.07, 6.45) is 6.00. The smallest absolute Gasteiger partial charge is 0.241 e. The maximum absolute atomic E-state index is 4.84. The Morgan fingerprint density at radius 2 is 1.77 bits per heavy atom. The van der Waals surface area contributed by atoms with Gasteiger partial charge in [-0.2, -0.15) is 9.97 Å². The van der Waals surface area contributed by atoms with E-state index >= 15 is 0 Å². The number of aryl methyl sites for hydroxylation is 1. The van der Waals surface area contributed by atoms with Gasteiger partial charge in [0.2, 0.25) is 5.95 Å². The molecule has 3 rings (SSSR count). The molecule has 26 heavy (non-hydrogen) atoms. The molecular weight excluding hydrogens is 326 g/mol. The van der Waals surface area contributed by atoms with E-state index in [4.69, 9.17) is 15.0 Å². The quantitative estimate of drug-likeness (QED) is 0.762. The standard InChI is InChI=1S/C19H33N7/c1-6-7-11-20-16-15-17(26(14(2)21-15)19(3,4)5)23-18(22-16)24-25-12-9-8-10-13-25/h6-13H2,1-5H3,(H2,20,22,23,24). The van der Waals surface area contributed by atoms with E-state index in [-0.39, 0.29) is 5.54 Å². The molecule has 0 atom stereocenters. The van der Waals surface area contributed by atoms with Gasteiger partial charge >= 0.3 is 0 Å². The molecule has 0 spiro atoms. The van der Waals surface area contributed by atoms with Crippen LogP contribution in [-0.2, 0) is 5.54 Å². The van der Waals surface area contributed by atoms with Crippen LogP contribution in [0.4, 0.5) is 11.8 Å². The average molecular weight is 360 g/mol. The second-order valence-electron chi connectivity index (χ2n) is 8.17. The predicted octanol–water partition coefficient (Wildman–Crippen LogP) is 3.91. The van der Waals surface area contributed by atoms with Crippen molar-refractivity contribution in [1.82, 2.24) is 24.5 Å². The van der Waals surface area contributed by atoms with E-state index < -0.39 is 0 Å². The number of fused-ring (bicyclic) bond motifs is 1. The lowest BCUT2D eigenvalue weighted by Gasteiger charge is -2.27. The molecule has 1 aliphatic rings. The lowest BCUT2D eigenvalue weighted by atomic mass is 10.1. The fourth-order valence-electron chi connectivity index (χ4n) is 3.57. The summed E-state index contributed by atoms with van der Waals surface area (Å²) in [6, 6.07) is 0. The van der Waals surface area contributed by atoms with Gasteiger partial charge in [-0.3, -0.25) is 5.43 Å². The van der Waals surface area contributed by atoms with Gasteiger partial charge in [-0.15, -0.1) is 0 Å². The van der Waals surface area contributed by atoms with Crippen LogP contribution >= 0.6 is 0 Å². The maximum atomic E-state index is 4.84. The lowest BCUT2D eigenvalue weighted by Crippen LogP contribution is -2.35. The molecule has 144 valence electrons. The Morgan fingerprint density at radius 1 is 1.04 bits per heavy atom. The van der Waals surface area contributed by atoms with Gasteiger partial charge in [-0.25, -0.2) is 9.99 Å². The zero-order chi connectivity index (χ0) is 18.7. The van der Waals surface area contributed by atoms with Gasteiger partial charge in [-0.05, 0) is 47.0 Å². The Kier molecular flexibility index (Phi) is 5.65. The normalized spacial score (nSPS) is 16.2. The molecule has 0 saturated carbocycles. The molecule has 0 bridgehead atoms. The summed E-state index contributed by atoms with van der Waals surface area (Å²) in [6.45, 7) is 13.8. The largest absolute Gasteiger partial charge is 0.368 e. The van der Waals surface area contributed by atoms with Gasteiger partial charge in [0.15, 0.2) is 17.0 Å².